The van der Waals surface area contributed by atoms with E-state index < -0.39 is 0 Å². The van der Waals surface area contributed by atoms with Gasteiger partial charge >= 0.3 is 0 Å². The maximum atomic E-state index is 12.6. The van der Waals surface area contributed by atoms with E-state index in [1.54, 1.807) is 25.6 Å². The van der Waals surface area contributed by atoms with Crippen LogP contribution in [-0.4, -0.2) is 47.1 Å². The molecule has 1 amide bonds. The van der Waals surface area contributed by atoms with Gasteiger partial charge in [-0.05, 0) is 24.5 Å². The van der Waals surface area contributed by atoms with Gasteiger partial charge < -0.3 is 9.64 Å². The summed E-state index contributed by atoms with van der Waals surface area (Å²) in [6.45, 7) is 1.35. The van der Waals surface area contributed by atoms with Gasteiger partial charge in [0.2, 0.25) is 5.82 Å². The van der Waals surface area contributed by atoms with Gasteiger partial charge in [0.25, 0.3) is 5.91 Å². The molecule has 1 fully saturated rings. The summed E-state index contributed by atoms with van der Waals surface area (Å²) in [6.07, 6.45) is 5.12. The number of carbonyl (C=O) groups excluding carboxylic acids is 1. The van der Waals surface area contributed by atoms with Crippen molar-refractivity contribution in [3.8, 4) is 0 Å². The van der Waals surface area contributed by atoms with Crippen LogP contribution in [0, 0.1) is 5.92 Å². The quantitative estimate of drug-likeness (QED) is 0.868. The minimum Gasteiger partial charge on any atom is -0.381 e. The highest BCUT2D eigenvalue weighted by Crippen LogP contribution is 2.24. The third kappa shape index (κ3) is 3.74. The second-order valence-corrected chi connectivity index (χ2v) is 5.84. The molecule has 2 heterocycles. The summed E-state index contributed by atoms with van der Waals surface area (Å²) in [6, 6.07) is 12.1. The van der Waals surface area contributed by atoms with Crippen molar-refractivity contribution in [2.24, 2.45) is 5.92 Å². The number of carbonyl (C=O) groups is 1. The van der Waals surface area contributed by atoms with Crippen LogP contribution in [0.5, 0.6) is 0 Å². The zero-order valence-corrected chi connectivity index (χ0v) is 13.3. The molecule has 1 saturated heterocycles. The van der Waals surface area contributed by atoms with Crippen LogP contribution in [-0.2, 0) is 11.2 Å². The largest absolute Gasteiger partial charge is 0.381 e. The first-order valence-electron chi connectivity index (χ1n) is 7.91. The Hall–Kier alpha value is -2.27. The lowest BCUT2D eigenvalue weighted by molar-refractivity contribution is -0.00336. The van der Waals surface area contributed by atoms with Crippen LogP contribution in [0.4, 0.5) is 0 Å². The first-order valence-corrected chi connectivity index (χ1v) is 7.91. The molecule has 2 atom stereocenters. The first kappa shape index (κ1) is 15.6. The monoisotopic (exact) mass is 311 g/mol. The Morgan fingerprint density at radius 2 is 1.96 bits per heavy atom. The van der Waals surface area contributed by atoms with Crippen LogP contribution in [0.3, 0.4) is 0 Å². The Labute approximate surface area is 136 Å². The van der Waals surface area contributed by atoms with Gasteiger partial charge in [0, 0.05) is 38.5 Å². The summed E-state index contributed by atoms with van der Waals surface area (Å²) in [5.74, 6) is 0.448. The number of rotatable bonds is 4. The molecule has 1 aromatic heterocycles. The fraction of sp³-hybridized carbons (Fsp3) is 0.389. The van der Waals surface area contributed by atoms with E-state index in [0.29, 0.717) is 13.1 Å². The molecule has 0 radical (unpaired) electrons. The van der Waals surface area contributed by atoms with Gasteiger partial charge in [0.15, 0.2) is 0 Å². The highest BCUT2D eigenvalue weighted by molar-refractivity contribution is 5.90. The van der Waals surface area contributed by atoms with Gasteiger partial charge in [-0.2, -0.15) is 0 Å². The Balaban J connectivity index is 1.72. The molecular formula is C18H21N3O2. The Morgan fingerprint density at radius 1 is 1.22 bits per heavy atom. The van der Waals surface area contributed by atoms with E-state index in [9.17, 15) is 4.79 Å². The second kappa shape index (κ2) is 7.33. The molecular weight excluding hydrogens is 290 g/mol. The Morgan fingerprint density at radius 3 is 2.65 bits per heavy atom. The minimum absolute atomic E-state index is 0.0989. The van der Waals surface area contributed by atoms with Crippen molar-refractivity contribution in [1.29, 1.82) is 0 Å². The topological polar surface area (TPSA) is 55.3 Å². The smallest absolute Gasteiger partial charge is 0.291 e. The summed E-state index contributed by atoms with van der Waals surface area (Å²) >= 11 is 0. The molecule has 120 valence electrons. The lowest BCUT2D eigenvalue weighted by atomic mass is 9.88. The van der Waals surface area contributed by atoms with Crippen molar-refractivity contribution in [3.05, 3.63) is 60.2 Å². The van der Waals surface area contributed by atoms with Crippen molar-refractivity contribution in [1.82, 2.24) is 14.9 Å². The van der Waals surface area contributed by atoms with Crippen LogP contribution in [0.15, 0.2) is 48.8 Å². The summed E-state index contributed by atoms with van der Waals surface area (Å²) in [4.78, 5) is 22.5. The highest BCUT2D eigenvalue weighted by Gasteiger charge is 2.32. The molecule has 3 rings (SSSR count). The summed E-state index contributed by atoms with van der Waals surface area (Å²) in [7, 11) is 1.75. The number of ether oxygens (including phenoxy) is 1. The maximum absolute atomic E-state index is 12.6. The molecule has 0 spiro atoms. The van der Waals surface area contributed by atoms with Crippen molar-refractivity contribution in [2.45, 2.75) is 18.9 Å². The Kier molecular flexibility index (Phi) is 4.98. The van der Waals surface area contributed by atoms with Crippen LogP contribution >= 0.6 is 0 Å². The van der Waals surface area contributed by atoms with E-state index in [4.69, 9.17) is 4.74 Å². The standard InChI is InChI=1S/C18H21N3O2/c1-23-16-8-11-21(18(22)17-19-9-5-10-20-17)13-15(16)12-14-6-3-2-4-7-14/h2-7,9-10,15-16H,8,11-13H2,1H3/t15-,16+/m0/s1. The van der Waals surface area contributed by atoms with Gasteiger partial charge in [-0.1, -0.05) is 30.3 Å². The van der Waals surface area contributed by atoms with E-state index in [1.165, 1.54) is 5.56 Å². The minimum atomic E-state index is -0.0989. The predicted octanol–water partition coefficient (Wildman–Crippen LogP) is 2.20. The van der Waals surface area contributed by atoms with Crippen molar-refractivity contribution >= 4 is 5.91 Å². The van der Waals surface area contributed by atoms with Gasteiger partial charge in [-0.15, -0.1) is 0 Å². The van der Waals surface area contributed by atoms with E-state index in [-0.39, 0.29) is 23.8 Å². The second-order valence-electron chi connectivity index (χ2n) is 5.84. The van der Waals surface area contributed by atoms with E-state index in [2.05, 4.69) is 22.1 Å². The van der Waals surface area contributed by atoms with Crippen molar-refractivity contribution < 1.29 is 9.53 Å². The van der Waals surface area contributed by atoms with Crippen LogP contribution in [0.2, 0.25) is 0 Å². The average molecular weight is 311 g/mol. The van der Waals surface area contributed by atoms with Crippen LogP contribution in [0.25, 0.3) is 0 Å². The van der Waals surface area contributed by atoms with Crippen molar-refractivity contribution in [2.75, 3.05) is 20.2 Å². The SMILES string of the molecule is CO[C@@H]1CCN(C(=O)c2ncccn2)C[C@@H]1Cc1ccccc1. The normalized spacial score (nSPS) is 21.2. The first-order chi connectivity index (χ1) is 11.3. The number of hydrogen-bond acceptors (Lipinski definition) is 4. The van der Waals surface area contributed by atoms with E-state index in [0.717, 1.165) is 12.8 Å². The van der Waals surface area contributed by atoms with Crippen LogP contribution in [0.1, 0.15) is 22.6 Å². The zero-order valence-electron chi connectivity index (χ0n) is 13.3. The lowest BCUT2D eigenvalue weighted by Gasteiger charge is -2.37. The average Bonchev–Trinajstić information content (AvgIpc) is 2.62. The predicted molar refractivity (Wildman–Crippen MR) is 87.0 cm³/mol. The van der Waals surface area contributed by atoms with Gasteiger partial charge in [-0.3, -0.25) is 4.79 Å². The highest BCUT2D eigenvalue weighted by atomic mass is 16.5. The third-order valence-electron chi connectivity index (χ3n) is 4.35. The molecule has 5 heteroatoms. The lowest BCUT2D eigenvalue weighted by Crippen LogP contribution is -2.47. The third-order valence-corrected chi connectivity index (χ3v) is 4.35. The number of likely N-dealkylation sites (tertiary alicyclic amines) is 1. The molecule has 1 aliphatic rings. The number of aromatic nitrogens is 2. The Bertz CT molecular complexity index is 633. The molecule has 2 aromatic rings. The van der Waals surface area contributed by atoms with Gasteiger partial charge in [0.05, 0.1) is 6.10 Å². The van der Waals surface area contributed by atoms with E-state index in [1.807, 2.05) is 23.1 Å². The molecule has 0 N–H and O–H groups in total. The number of hydrogen-bond donors (Lipinski definition) is 0. The number of methoxy groups -OCH3 is 1. The molecule has 0 bridgehead atoms. The molecule has 0 unspecified atom stereocenters. The number of benzene rings is 1. The van der Waals surface area contributed by atoms with Crippen molar-refractivity contribution in [3.63, 3.8) is 0 Å². The fourth-order valence-corrected chi connectivity index (χ4v) is 3.17. The van der Waals surface area contributed by atoms with Gasteiger partial charge in [0.1, 0.15) is 0 Å². The molecule has 0 saturated carbocycles. The molecule has 5 nitrogen and oxygen atoms in total. The number of piperidine rings is 1. The molecule has 1 aromatic carbocycles. The van der Waals surface area contributed by atoms with Crippen LogP contribution < -0.4 is 0 Å². The number of amides is 1. The molecule has 1 aliphatic heterocycles. The van der Waals surface area contributed by atoms with E-state index >= 15 is 0 Å². The summed E-state index contributed by atoms with van der Waals surface area (Å²) in [5.41, 5.74) is 1.27. The fourth-order valence-electron chi connectivity index (χ4n) is 3.17. The molecule has 23 heavy (non-hydrogen) atoms. The number of nitrogens with zero attached hydrogens (tertiary/aromatic N) is 3. The summed E-state index contributed by atoms with van der Waals surface area (Å²) < 4.78 is 5.64. The maximum Gasteiger partial charge on any atom is 0.291 e. The van der Waals surface area contributed by atoms with Gasteiger partial charge in [-0.25, -0.2) is 9.97 Å². The summed E-state index contributed by atoms with van der Waals surface area (Å²) in [5, 5.41) is 0. The zero-order chi connectivity index (χ0) is 16.1. The molecule has 0 aliphatic carbocycles.